The lowest BCUT2D eigenvalue weighted by Crippen LogP contribution is -2.34. The van der Waals surface area contributed by atoms with Gasteiger partial charge in [-0.25, -0.2) is 4.90 Å². The highest BCUT2D eigenvalue weighted by atomic mass is 35.5. The molecule has 0 N–H and O–H groups in total. The lowest BCUT2D eigenvalue weighted by Gasteiger charge is -2.20. The molecule has 20 heavy (non-hydrogen) atoms. The molecule has 0 unspecified atom stereocenters. The Morgan fingerprint density at radius 3 is 2.30 bits per heavy atom. The van der Waals surface area contributed by atoms with E-state index in [1.807, 2.05) is 19.1 Å². The van der Waals surface area contributed by atoms with Crippen molar-refractivity contribution in [3.05, 3.63) is 40.9 Å². The van der Waals surface area contributed by atoms with Crippen LogP contribution in [-0.2, 0) is 14.3 Å². The molecule has 4 nitrogen and oxygen atoms in total. The molecular weight excluding hydrogens is 278 g/mol. The number of imide groups is 1. The highest BCUT2D eigenvalue weighted by molar-refractivity contribution is 6.32. The van der Waals surface area contributed by atoms with Crippen LogP contribution in [0.15, 0.2) is 30.4 Å². The Hall–Kier alpha value is -1.65. The number of anilines is 1. The standard InChI is InChI=1S/C15H12ClNO3/c1-7-8(16)3-2-4-9(7)17-14(18)12-10-5-6-11(20-10)13(12)15(17)19/h2-6,10-13H,1H3/t10-,11+,12-,13-/m0/s1. The van der Waals surface area contributed by atoms with Crippen LogP contribution >= 0.6 is 11.6 Å². The molecule has 2 bridgehead atoms. The lowest BCUT2D eigenvalue weighted by atomic mass is 9.85. The van der Waals surface area contributed by atoms with Gasteiger partial charge in [0.05, 0.1) is 29.7 Å². The summed E-state index contributed by atoms with van der Waals surface area (Å²) in [7, 11) is 0. The van der Waals surface area contributed by atoms with E-state index in [2.05, 4.69) is 0 Å². The zero-order valence-electron chi connectivity index (χ0n) is 10.7. The molecule has 102 valence electrons. The molecule has 2 fully saturated rings. The van der Waals surface area contributed by atoms with E-state index in [1.54, 1.807) is 18.2 Å². The number of rotatable bonds is 1. The monoisotopic (exact) mass is 289 g/mol. The van der Waals surface area contributed by atoms with Gasteiger partial charge in [0.2, 0.25) is 11.8 Å². The number of amides is 2. The van der Waals surface area contributed by atoms with E-state index in [0.717, 1.165) is 5.56 Å². The topological polar surface area (TPSA) is 46.6 Å². The average molecular weight is 290 g/mol. The highest BCUT2D eigenvalue weighted by Crippen LogP contribution is 2.47. The average Bonchev–Trinajstić information content (AvgIpc) is 3.09. The first kappa shape index (κ1) is 12.1. The van der Waals surface area contributed by atoms with Gasteiger partial charge in [-0.3, -0.25) is 9.59 Å². The minimum Gasteiger partial charge on any atom is -0.365 e. The van der Waals surface area contributed by atoms with Gasteiger partial charge in [-0.1, -0.05) is 29.8 Å². The molecule has 2 amide bonds. The summed E-state index contributed by atoms with van der Waals surface area (Å²) in [6, 6.07) is 5.26. The molecule has 0 saturated carbocycles. The van der Waals surface area contributed by atoms with Crippen LogP contribution in [0.2, 0.25) is 5.02 Å². The summed E-state index contributed by atoms with van der Waals surface area (Å²) < 4.78 is 5.61. The normalized spacial score (nSPS) is 34.2. The van der Waals surface area contributed by atoms with Crippen molar-refractivity contribution in [3.63, 3.8) is 0 Å². The van der Waals surface area contributed by atoms with Crippen LogP contribution in [0, 0.1) is 18.8 Å². The largest absolute Gasteiger partial charge is 0.365 e. The van der Waals surface area contributed by atoms with Gasteiger partial charge in [-0.2, -0.15) is 0 Å². The maximum atomic E-state index is 12.6. The van der Waals surface area contributed by atoms with E-state index < -0.39 is 0 Å². The van der Waals surface area contributed by atoms with Crippen molar-refractivity contribution in [2.45, 2.75) is 19.1 Å². The number of carbonyl (C=O) groups excluding carboxylic acids is 2. The number of hydrogen-bond acceptors (Lipinski definition) is 3. The quantitative estimate of drug-likeness (QED) is 0.587. The van der Waals surface area contributed by atoms with Crippen molar-refractivity contribution in [3.8, 4) is 0 Å². The molecule has 4 rings (SSSR count). The fourth-order valence-corrected chi connectivity index (χ4v) is 3.55. The number of nitrogens with zero attached hydrogens (tertiary/aromatic N) is 1. The summed E-state index contributed by atoms with van der Waals surface area (Å²) in [5, 5.41) is 0.553. The molecule has 3 aliphatic rings. The molecular formula is C15H12ClNO3. The maximum Gasteiger partial charge on any atom is 0.240 e. The van der Waals surface area contributed by atoms with Crippen molar-refractivity contribution >= 4 is 29.1 Å². The van der Waals surface area contributed by atoms with E-state index >= 15 is 0 Å². The Labute approximate surface area is 121 Å². The second kappa shape index (κ2) is 3.93. The second-order valence-corrected chi connectivity index (χ2v) is 5.80. The molecule has 1 aromatic carbocycles. The van der Waals surface area contributed by atoms with Crippen LogP contribution in [-0.4, -0.2) is 24.0 Å². The molecule has 3 heterocycles. The van der Waals surface area contributed by atoms with Gasteiger partial charge < -0.3 is 4.74 Å². The summed E-state index contributed by atoms with van der Waals surface area (Å²) in [5.74, 6) is -1.11. The minimum atomic E-state index is -0.379. The van der Waals surface area contributed by atoms with Gasteiger partial charge in [-0.15, -0.1) is 0 Å². The van der Waals surface area contributed by atoms with Crippen molar-refractivity contribution in [1.29, 1.82) is 0 Å². The van der Waals surface area contributed by atoms with Crippen molar-refractivity contribution in [1.82, 2.24) is 0 Å². The van der Waals surface area contributed by atoms with Gasteiger partial charge >= 0.3 is 0 Å². The summed E-state index contributed by atoms with van der Waals surface area (Å²) in [4.78, 5) is 26.5. The Morgan fingerprint density at radius 2 is 1.70 bits per heavy atom. The zero-order chi connectivity index (χ0) is 14.0. The Balaban J connectivity index is 1.80. The Morgan fingerprint density at radius 1 is 1.10 bits per heavy atom. The van der Waals surface area contributed by atoms with Gasteiger partial charge in [0.15, 0.2) is 0 Å². The Bertz CT molecular complexity index is 639. The number of hydrogen-bond donors (Lipinski definition) is 0. The molecule has 2 saturated heterocycles. The van der Waals surface area contributed by atoms with Crippen LogP contribution < -0.4 is 4.90 Å². The number of fused-ring (bicyclic) bond motifs is 5. The molecule has 1 aromatic rings. The predicted octanol–water partition coefficient (Wildman–Crippen LogP) is 2.09. The van der Waals surface area contributed by atoms with Crippen LogP contribution in [0.4, 0.5) is 5.69 Å². The first-order valence-electron chi connectivity index (χ1n) is 6.56. The SMILES string of the molecule is Cc1c(Cl)cccc1N1C(=O)[C@@H]2[C@@H](C1=O)[C@H]1C=C[C@@H]2O1. The van der Waals surface area contributed by atoms with Crippen LogP contribution in [0.1, 0.15) is 5.56 Å². The molecule has 0 aromatic heterocycles. The first-order chi connectivity index (χ1) is 9.59. The maximum absolute atomic E-state index is 12.6. The van der Waals surface area contributed by atoms with Crippen molar-refractivity contribution in [2.75, 3.05) is 4.90 Å². The summed E-state index contributed by atoms with van der Waals surface area (Å²) in [6.45, 7) is 1.82. The van der Waals surface area contributed by atoms with Gasteiger partial charge in [0.25, 0.3) is 0 Å². The van der Waals surface area contributed by atoms with E-state index in [1.165, 1.54) is 4.90 Å². The van der Waals surface area contributed by atoms with Crippen LogP contribution in [0.3, 0.4) is 0 Å². The van der Waals surface area contributed by atoms with E-state index in [-0.39, 0.29) is 35.9 Å². The smallest absolute Gasteiger partial charge is 0.240 e. The first-order valence-corrected chi connectivity index (χ1v) is 6.94. The summed E-state index contributed by atoms with van der Waals surface area (Å²) >= 11 is 6.09. The fourth-order valence-electron chi connectivity index (χ4n) is 3.38. The fraction of sp³-hybridized carbons (Fsp3) is 0.333. The van der Waals surface area contributed by atoms with Gasteiger partial charge in [-0.05, 0) is 24.6 Å². The predicted molar refractivity (Wildman–Crippen MR) is 73.5 cm³/mol. The third-order valence-corrected chi connectivity index (χ3v) is 4.80. The Kier molecular flexibility index (Phi) is 2.38. The number of ether oxygens (including phenoxy) is 1. The zero-order valence-corrected chi connectivity index (χ0v) is 11.5. The van der Waals surface area contributed by atoms with Crippen molar-refractivity contribution in [2.24, 2.45) is 11.8 Å². The summed E-state index contributed by atoms with van der Waals surface area (Å²) in [6.07, 6.45) is 3.24. The number of halogens is 1. The molecule has 4 atom stereocenters. The third-order valence-electron chi connectivity index (χ3n) is 4.39. The summed E-state index contributed by atoms with van der Waals surface area (Å²) in [5.41, 5.74) is 1.33. The van der Waals surface area contributed by atoms with Gasteiger partial charge in [0, 0.05) is 5.02 Å². The van der Waals surface area contributed by atoms with E-state index in [0.29, 0.717) is 10.7 Å². The van der Waals surface area contributed by atoms with Crippen molar-refractivity contribution < 1.29 is 14.3 Å². The molecule has 5 heteroatoms. The second-order valence-electron chi connectivity index (χ2n) is 5.40. The lowest BCUT2D eigenvalue weighted by molar-refractivity contribution is -0.124. The third kappa shape index (κ3) is 1.35. The molecule has 3 aliphatic heterocycles. The molecule has 0 radical (unpaired) electrons. The highest BCUT2D eigenvalue weighted by Gasteiger charge is 2.61. The minimum absolute atomic E-state index is 0.179. The van der Waals surface area contributed by atoms with Crippen LogP contribution in [0.5, 0.6) is 0 Å². The molecule has 0 spiro atoms. The van der Waals surface area contributed by atoms with E-state index in [4.69, 9.17) is 16.3 Å². The number of benzene rings is 1. The van der Waals surface area contributed by atoms with Gasteiger partial charge in [0.1, 0.15) is 0 Å². The van der Waals surface area contributed by atoms with E-state index in [9.17, 15) is 9.59 Å². The van der Waals surface area contributed by atoms with Crippen LogP contribution in [0.25, 0.3) is 0 Å². The molecule has 0 aliphatic carbocycles. The number of carbonyl (C=O) groups is 2.